The second-order valence-corrected chi connectivity index (χ2v) is 10.1. The van der Waals surface area contributed by atoms with E-state index >= 15 is 8.78 Å². The van der Waals surface area contributed by atoms with Gasteiger partial charge in [0.2, 0.25) is 0 Å². The van der Waals surface area contributed by atoms with Gasteiger partial charge in [-0.25, -0.2) is 27.2 Å². The topological polar surface area (TPSA) is 80.4 Å². The Bertz CT molecular complexity index is 1290. The Labute approximate surface area is 211 Å². The number of ether oxygens (including phenoxy) is 1. The lowest BCUT2D eigenvalue weighted by Gasteiger charge is -2.74. The third-order valence-electron chi connectivity index (χ3n) is 7.70. The van der Waals surface area contributed by atoms with Gasteiger partial charge in [-0.15, -0.1) is 0 Å². The molecule has 6 rings (SSSR count). The van der Waals surface area contributed by atoms with Crippen LogP contribution >= 0.6 is 0 Å². The molecule has 6 nitrogen and oxygen atoms in total. The fourth-order valence-electron chi connectivity index (χ4n) is 5.77. The predicted octanol–water partition coefficient (Wildman–Crippen LogP) is 4.50. The van der Waals surface area contributed by atoms with E-state index in [4.69, 9.17) is 9.84 Å². The predicted molar refractivity (Wildman–Crippen MR) is 117 cm³/mol. The van der Waals surface area contributed by atoms with Crippen LogP contribution in [0.4, 0.5) is 30.7 Å². The van der Waals surface area contributed by atoms with E-state index in [0.717, 1.165) is 29.5 Å². The van der Waals surface area contributed by atoms with E-state index in [1.54, 1.807) is 12.1 Å². The van der Waals surface area contributed by atoms with E-state index in [2.05, 4.69) is 10.1 Å². The van der Waals surface area contributed by atoms with Crippen molar-refractivity contribution in [2.75, 3.05) is 6.61 Å². The van der Waals surface area contributed by atoms with Crippen LogP contribution in [0.5, 0.6) is 5.75 Å². The lowest BCUT2D eigenvalue weighted by Crippen LogP contribution is -2.76. The Kier molecular flexibility index (Phi) is 6.02. The molecule has 3 aliphatic rings. The van der Waals surface area contributed by atoms with E-state index in [0.29, 0.717) is 11.6 Å². The molecule has 3 saturated carbocycles. The minimum Gasteiger partial charge on any atom is -0.491 e. The second-order valence-electron chi connectivity index (χ2n) is 10.1. The normalized spacial score (nSPS) is 25.2. The summed E-state index contributed by atoms with van der Waals surface area (Å²) < 4.78 is 104. The van der Waals surface area contributed by atoms with Crippen molar-refractivity contribution < 1.29 is 45.7 Å². The zero-order chi connectivity index (χ0) is 27.6. The summed E-state index contributed by atoms with van der Waals surface area (Å²) in [6.45, 7) is -1.82. The van der Waals surface area contributed by atoms with Crippen molar-refractivity contribution in [3.8, 4) is 5.75 Å². The average Bonchev–Trinajstić information content (AvgIpc) is 3.28. The first-order valence-electron chi connectivity index (χ1n) is 11.6. The number of hydrogen-bond donors (Lipinski definition) is 2. The molecule has 1 aromatic heterocycles. The number of aliphatic hydroxyl groups is 2. The minimum absolute atomic E-state index is 0.0392. The van der Waals surface area contributed by atoms with Gasteiger partial charge in [0.15, 0.2) is 11.7 Å². The van der Waals surface area contributed by atoms with E-state index in [-0.39, 0.29) is 25.0 Å². The summed E-state index contributed by atoms with van der Waals surface area (Å²) in [4.78, 5) is 3.68. The third kappa shape index (κ3) is 4.03. The van der Waals surface area contributed by atoms with E-state index in [1.807, 2.05) is 0 Å². The average molecular weight is 545 g/mol. The van der Waals surface area contributed by atoms with Gasteiger partial charge in [-0.05, 0) is 54.5 Å². The fourth-order valence-corrected chi connectivity index (χ4v) is 5.77. The van der Waals surface area contributed by atoms with Crippen LogP contribution in [0.1, 0.15) is 30.4 Å². The van der Waals surface area contributed by atoms with Gasteiger partial charge in [-0.2, -0.15) is 18.3 Å². The molecule has 0 unspecified atom stereocenters. The highest BCUT2D eigenvalue weighted by atomic mass is 19.4. The molecule has 3 aromatic rings. The number of alkyl halides is 5. The van der Waals surface area contributed by atoms with Gasteiger partial charge < -0.3 is 14.9 Å². The van der Waals surface area contributed by atoms with Crippen LogP contribution < -0.4 is 4.74 Å². The van der Waals surface area contributed by atoms with Crippen molar-refractivity contribution in [3.05, 3.63) is 77.9 Å². The van der Waals surface area contributed by atoms with Gasteiger partial charge in [0.25, 0.3) is 5.92 Å². The van der Waals surface area contributed by atoms with Crippen LogP contribution in [0.15, 0.2) is 55.1 Å². The molecule has 2 aromatic carbocycles. The molecule has 13 heteroatoms. The number of nitrogens with zero attached hydrogens (tertiary/aromatic N) is 3. The zero-order valence-corrected chi connectivity index (χ0v) is 19.6. The fraction of sp³-hybridized carbons (Fsp3) is 0.440. The molecule has 204 valence electrons. The highest BCUT2D eigenvalue weighted by Crippen LogP contribution is 2.80. The molecular formula is C25H22F7N3O3. The SMILES string of the molecule is O[C@H](COc1ccc(C23CC(C(F)(F)[C@](O)(Cn4cncn4)c4ccc(F)cc4F)(C2)C3)cc1)C(F)(F)F. The summed E-state index contributed by atoms with van der Waals surface area (Å²) >= 11 is 0. The molecule has 0 amide bonds. The summed E-state index contributed by atoms with van der Waals surface area (Å²) in [5, 5.41) is 24.2. The molecule has 1 heterocycles. The quantitative estimate of drug-likeness (QED) is 0.387. The lowest BCUT2D eigenvalue weighted by atomic mass is 9.30. The molecule has 2 N–H and O–H groups in total. The van der Waals surface area contributed by atoms with Crippen LogP contribution in [0.2, 0.25) is 0 Å². The molecule has 0 spiro atoms. The largest absolute Gasteiger partial charge is 0.491 e. The van der Waals surface area contributed by atoms with Gasteiger partial charge in [0, 0.05) is 17.0 Å². The maximum atomic E-state index is 16.2. The smallest absolute Gasteiger partial charge is 0.417 e. The van der Waals surface area contributed by atoms with Crippen molar-refractivity contribution in [2.24, 2.45) is 5.41 Å². The standard InChI is InChI=1S/C25H22F7N3O3/c26-16-3-6-18(19(27)7-16)23(37,12-35-14-33-13-34-35)25(31,32)22-9-21(10-22,11-22)15-1-4-17(5-2-15)38-8-20(36)24(28,29)30/h1-7,13-14,20,36-37H,8-12H2/t20-,21?,22?,23+/m1/s1. The van der Waals surface area contributed by atoms with E-state index in [9.17, 15) is 27.1 Å². The molecule has 0 aliphatic heterocycles. The molecule has 3 fully saturated rings. The van der Waals surface area contributed by atoms with Gasteiger partial charge >= 0.3 is 6.18 Å². The summed E-state index contributed by atoms with van der Waals surface area (Å²) in [6, 6.07) is 7.90. The third-order valence-corrected chi connectivity index (χ3v) is 7.70. The van der Waals surface area contributed by atoms with Crippen LogP contribution in [0.25, 0.3) is 0 Å². The van der Waals surface area contributed by atoms with Gasteiger partial charge in [-0.3, -0.25) is 0 Å². The highest BCUT2D eigenvalue weighted by Gasteiger charge is 2.82. The summed E-state index contributed by atoms with van der Waals surface area (Å²) in [6.07, 6.45) is -5.41. The number of rotatable bonds is 9. The molecule has 0 radical (unpaired) electrons. The molecular weight excluding hydrogens is 523 g/mol. The molecule has 2 bridgehead atoms. The van der Waals surface area contributed by atoms with Crippen LogP contribution in [-0.2, 0) is 17.6 Å². The van der Waals surface area contributed by atoms with Crippen molar-refractivity contribution in [1.29, 1.82) is 0 Å². The summed E-state index contributed by atoms with van der Waals surface area (Å²) in [5.41, 5.74) is -5.49. The number of aromatic nitrogens is 3. The van der Waals surface area contributed by atoms with Gasteiger partial charge in [-0.1, -0.05) is 12.1 Å². The van der Waals surface area contributed by atoms with E-state index < -0.39 is 65.0 Å². The van der Waals surface area contributed by atoms with Crippen molar-refractivity contribution in [1.82, 2.24) is 14.8 Å². The van der Waals surface area contributed by atoms with Crippen LogP contribution in [0.3, 0.4) is 0 Å². The zero-order valence-electron chi connectivity index (χ0n) is 19.6. The van der Waals surface area contributed by atoms with Crippen molar-refractivity contribution >= 4 is 0 Å². The first-order chi connectivity index (χ1) is 17.7. The Morgan fingerprint density at radius 1 is 1.00 bits per heavy atom. The Hall–Kier alpha value is -3.19. The number of hydrogen-bond acceptors (Lipinski definition) is 5. The highest BCUT2D eigenvalue weighted by molar-refractivity contribution is 5.44. The van der Waals surface area contributed by atoms with Gasteiger partial charge in [0.1, 0.15) is 36.6 Å². The van der Waals surface area contributed by atoms with Crippen LogP contribution in [-0.4, -0.2) is 49.8 Å². The van der Waals surface area contributed by atoms with Crippen molar-refractivity contribution in [3.63, 3.8) is 0 Å². The summed E-state index contributed by atoms with van der Waals surface area (Å²) in [5.74, 6) is -6.09. The molecule has 2 atom stereocenters. The molecule has 0 saturated heterocycles. The Morgan fingerprint density at radius 2 is 1.66 bits per heavy atom. The number of benzene rings is 2. The lowest BCUT2D eigenvalue weighted by molar-refractivity contribution is -0.347. The Morgan fingerprint density at radius 3 is 2.21 bits per heavy atom. The first kappa shape index (κ1) is 26.4. The second kappa shape index (κ2) is 8.67. The first-order valence-corrected chi connectivity index (χ1v) is 11.6. The molecule has 38 heavy (non-hydrogen) atoms. The molecule has 3 aliphatic carbocycles. The monoisotopic (exact) mass is 545 g/mol. The van der Waals surface area contributed by atoms with Gasteiger partial charge in [0.05, 0.1) is 6.54 Å². The van der Waals surface area contributed by atoms with Crippen molar-refractivity contribution in [2.45, 2.75) is 55.0 Å². The maximum Gasteiger partial charge on any atom is 0.417 e. The minimum atomic E-state index is -4.82. The van der Waals surface area contributed by atoms with E-state index in [1.165, 1.54) is 12.1 Å². The number of halogens is 7. The Balaban J connectivity index is 1.35. The summed E-state index contributed by atoms with van der Waals surface area (Å²) in [7, 11) is 0. The maximum absolute atomic E-state index is 16.2. The number of aliphatic hydroxyl groups excluding tert-OH is 1. The van der Waals surface area contributed by atoms with Crippen LogP contribution in [0, 0.1) is 17.0 Å².